The van der Waals surface area contributed by atoms with Crippen molar-refractivity contribution in [1.29, 1.82) is 0 Å². The summed E-state index contributed by atoms with van der Waals surface area (Å²) in [5, 5.41) is 3.83. The van der Waals surface area contributed by atoms with Crippen molar-refractivity contribution >= 4 is 89.3 Å². The molecule has 26 nitrogen and oxygen atoms in total. The summed E-state index contributed by atoms with van der Waals surface area (Å²) < 4.78 is 247. The molecule has 0 aromatic carbocycles. The molecular weight excluding hydrogens is 1740 g/mol. The second kappa shape index (κ2) is 48.0. The van der Waals surface area contributed by atoms with Gasteiger partial charge >= 0.3 is 0 Å². The summed E-state index contributed by atoms with van der Waals surface area (Å²) in [5.41, 5.74) is -1.40. The summed E-state index contributed by atoms with van der Waals surface area (Å²) in [7, 11) is -25.3. The lowest BCUT2D eigenvalue weighted by Gasteiger charge is -2.38. The van der Waals surface area contributed by atoms with Crippen LogP contribution in [0.15, 0.2) is 17.3 Å². The van der Waals surface area contributed by atoms with Crippen molar-refractivity contribution < 1.29 is 89.3 Å². The van der Waals surface area contributed by atoms with Gasteiger partial charge in [0.15, 0.2) is 49.2 Å². The molecule has 1 aromatic heterocycles. The van der Waals surface area contributed by atoms with Crippen LogP contribution in [0.3, 0.4) is 0 Å². The number of sulfone groups is 5. The van der Waals surface area contributed by atoms with Gasteiger partial charge in [-0.05, 0) is 167 Å². The molecule has 1 atom stereocenters. The SMILES string of the molecule is CC.CC(C)(C)CS(=O)(=O)C1CCC1.CC(C)(C)CS(=O)(=O)CC1CCCO1.CC(C)(C)CS(=O)(=O)CCN1CCCCC1.CC(C)(C)CS(=O)(=O)N1CC(F)(F)C1.CC(C)(C)CS(=O)(=O)N1CCC1.CC(C)(C)CS(=O)(=O)N1CCCC1.CC(C)(C)CS(=O)(=O)N1CCCC1.CC(C)(C)S(=O)(=O)CC1CC1.Cn1cc(S(=O)(=O)CC(C)(C)C)cn1. The number of piperidine rings is 1. The number of aryl methyl sites for hydroxylation is 1. The van der Waals surface area contributed by atoms with Crippen LogP contribution in [-0.4, -0.2) is 272 Å². The van der Waals surface area contributed by atoms with Gasteiger partial charge in [0.25, 0.3) is 5.92 Å². The summed E-state index contributed by atoms with van der Waals surface area (Å²) in [5.74, 6) is 0.301. The van der Waals surface area contributed by atoms with Gasteiger partial charge in [-0.2, -0.15) is 9.40 Å². The highest BCUT2D eigenvalue weighted by atomic mass is 32.2. The Morgan fingerprint density at radius 3 is 1.00 bits per heavy atom. The molecule has 9 rings (SSSR count). The fourth-order valence-corrected chi connectivity index (χ4v) is 31.6. The van der Waals surface area contributed by atoms with Crippen LogP contribution in [-0.2, 0) is 101 Å². The van der Waals surface area contributed by atoms with Gasteiger partial charge in [-0.25, -0.2) is 97.5 Å². The molecule has 0 amide bonds. The number of nitrogens with zero attached hydrogens (tertiary/aromatic N) is 7. The van der Waals surface area contributed by atoms with Crippen molar-refractivity contribution in [1.82, 2.24) is 31.9 Å². The zero-order valence-electron chi connectivity index (χ0n) is 80.6. The average Bonchev–Trinajstić information content (AvgIpc) is 1.44. The van der Waals surface area contributed by atoms with Gasteiger partial charge in [0.05, 0.1) is 98.7 Å². The number of likely N-dealkylation sites (tertiary alicyclic amines) is 1. The molecule has 0 spiro atoms. The van der Waals surface area contributed by atoms with E-state index >= 15 is 0 Å². The zero-order chi connectivity index (χ0) is 95.0. The summed E-state index contributed by atoms with van der Waals surface area (Å²) in [6.45, 7) is 62.2. The van der Waals surface area contributed by atoms with Crippen LogP contribution >= 0.6 is 0 Å². The van der Waals surface area contributed by atoms with E-state index in [2.05, 4.69) is 10.00 Å². The Labute approximate surface area is 739 Å². The summed E-state index contributed by atoms with van der Waals surface area (Å²) >= 11 is 0. The lowest BCUT2D eigenvalue weighted by atomic mass is 9.99. The molecule has 8 aliphatic rings. The lowest BCUT2D eigenvalue weighted by Crippen LogP contribution is -2.59. The van der Waals surface area contributed by atoms with E-state index in [1.165, 1.54) is 36.3 Å². The summed E-state index contributed by atoms with van der Waals surface area (Å²) in [4.78, 5) is 2.58. The van der Waals surface area contributed by atoms with E-state index in [0.29, 0.717) is 33.8 Å². The Kier molecular flexibility index (Phi) is 47.3. The topological polar surface area (TPSA) is 351 Å². The molecule has 121 heavy (non-hydrogen) atoms. The Hall–Kier alpha value is -1.62. The maximum Gasteiger partial charge on any atom is 0.275 e. The first-order valence-electron chi connectivity index (χ1n) is 43.6. The van der Waals surface area contributed by atoms with E-state index in [9.17, 15) is 84.5 Å². The highest BCUT2D eigenvalue weighted by molar-refractivity contribution is 7.93. The van der Waals surface area contributed by atoms with E-state index < -0.39 is 118 Å². The average molecular weight is 1910 g/mol. The van der Waals surface area contributed by atoms with Gasteiger partial charge in [0.2, 0.25) is 40.1 Å². The van der Waals surface area contributed by atoms with E-state index in [1.54, 1.807) is 61.5 Å². The van der Waals surface area contributed by atoms with Gasteiger partial charge in [0, 0.05) is 65.7 Å². The number of hydrogen-bond donors (Lipinski definition) is 0. The Balaban J connectivity index is 0.00000134. The molecule has 0 bridgehead atoms. The Morgan fingerprint density at radius 2 is 0.727 bits per heavy atom. The van der Waals surface area contributed by atoms with Crippen molar-refractivity contribution in [3.63, 3.8) is 0 Å². The van der Waals surface area contributed by atoms with E-state index in [1.807, 2.05) is 159 Å². The fourth-order valence-electron chi connectivity index (χ4n) is 13.2. The van der Waals surface area contributed by atoms with E-state index in [0.717, 1.165) is 147 Å². The molecule has 1 aromatic rings. The predicted octanol–water partition coefficient (Wildman–Crippen LogP) is 14.7. The lowest BCUT2D eigenvalue weighted by molar-refractivity contribution is -0.0947. The van der Waals surface area contributed by atoms with Crippen molar-refractivity contribution in [3.05, 3.63) is 12.4 Å². The van der Waals surface area contributed by atoms with Crippen molar-refractivity contribution in [2.45, 2.75) is 324 Å². The monoisotopic (exact) mass is 1910 g/mol. The van der Waals surface area contributed by atoms with Crippen molar-refractivity contribution in [3.8, 4) is 0 Å². The van der Waals surface area contributed by atoms with Crippen LogP contribution in [0.1, 0.15) is 297 Å². The first kappa shape index (κ1) is 119. The number of alkyl halides is 2. The summed E-state index contributed by atoms with van der Waals surface area (Å²) in [6.07, 6.45) is 18.7. The number of halogens is 2. The molecule has 1 unspecified atom stereocenters. The van der Waals surface area contributed by atoms with Crippen LogP contribution < -0.4 is 0 Å². The first-order chi connectivity index (χ1) is 53.9. The number of aromatic nitrogens is 2. The molecule has 724 valence electrons. The van der Waals surface area contributed by atoms with Gasteiger partial charge in [-0.15, -0.1) is 0 Å². The first-order valence-corrected chi connectivity index (χ1v) is 58.7. The second-order valence-corrected chi connectivity index (χ2v) is 63.8. The smallest absolute Gasteiger partial charge is 0.275 e. The highest BCUT2D eigenvalue weighted by Crippen LogP contribution is 2.35. The highest BCUT2D eigenvalue weighted by Gasteiger charge is 2.50. The van der Waals surface area contributed by atoms with E-state index in [4.69, 9.17) is 4.74 Å². The fraction of sp³-hybridized carbons (Fsp3) is 0.964. The largest absolute Gasteiger partial charge is 0.377 e. The van der Waals surface area contributed by atoms with Crippen LogP contribution in [0.25, 0.3) is 0 Å². The Bertz CT molecular complexity index is 4170. The normalized spacial score (nSPS) is 20.1. The molecule has 0 radical (unpaired) electrons. The minimum Gasteiger partial charge on any atom is -0.377 e. The number of hydrogen-bond acceptors (Lipinski definition) is 21. The van der Waals surface area contributed by atoms with Crippen LogP contribution in [0.4, 0.5) is 8.78 Å². The van der Waals surface area contributed by atoms with Crippen LogP contribution in [0, 0.1) is 49.2 Å². The number of sulfonamides is 4. The van der Waals surface area contributed by atoms with Gasteiger partial charge in [0.1, 0.15) is 4.90 Å². The summed E-state index contributed by atoms with van der Waals surface area (Å²) in [6, 6.07) is 0. The molecule has 2 aliphatic carbocycles. The van der Waals surface area contributed by atoms with Crippen LogP contribution in [0.5, 0.6) is 0 Å². The molecule has 2 saturated carbocycles. The second-order valence-electron chi connectivity index (χ2n) is 44.6. The molecular formula is C84H171F2N7O19S9. The third kappa shape index (κ3) is 55.2. The van der Waals surface area contributed by atoms with Crippen molar-refractivity contribution in [2.24, 2.45) is 56.3 Å². The molecule has 6 saturated heterocycles. The molecule has 0 N–H and O–H groups in total. The molecule has 37 heteroatoms. The van der Waals surface area contributed by atoms with Crippen LogP contribution in [0.2, 0.25) is 0 Å². The minimum absolute atomic E-state index is 0.0169. The molecule has 6 aliphatic heterocycles. The van der Waals surface area contributed by atoms with Gasteiger partial charge in [-0.1, -0.05) is 193 Å². The third-order valence-electron chi connectivity index (χ3n) is 18.7. The quantitative estimate of drug-likeness (QED) is 0.110. The van der Waals surface area contributed by atoms with Gasteiger partial charge in [-0.3, -0.25) is 4.68 Å². The maximum atomic E-state index is 12.4. The Morgan fingerprint density at radius 1 is 0.388 bits per heavy atom. The van der Waals surface area contributed by atoms with E-state index in [-0.39, 0.29) is 89.5 Å². The zero-order valence-corrected chi connectivity index (χ0v) is 87.9. The van der Waals surface area contributed by atoms with Gasteiger partial charge < -0.3 is 9.64 Å². The third-order valence-corrected chi connectivity index (χ3v) is 40.1. The maximum absolute atomic E-state index is 12.4. The van der Waals surface area contributed by atoms with Crippen molar-refractivity contribution in [2.75, 3.05) is 142 Å². The molecule has 8 fully saturated rings. The number of rotatable bonds is 21. The standard InChI is InChI=1S/C12H25NO2S.C10H20O3S.C9H16N2O2S.2C9H19NO2S.C9H18O2S.C8H15F2NO2S.C8H17NO2S.C8H16O2S.C2H6/c1-12(2,3)11-16(14,15)10-9-13-7-5-4-6-8-13;1-10(2,3)8-14(11,12)7-9-5-4-6-13-9;1-9(2,3)7-14(12,13)8-5-10-11(4)6-8;2*1-9(2,3)8-13(11,12)10-6-4-5-7-10;1-9(2,3)7-12(10,11)8-5-4-6-8;1-7(2,3)6-14(12,13)11-4-8(9,10)5-11;1-8(2,3)7-12(10,11)9-5-4-6-9;1-8(2,3)11(9,10)6-7-4-5-7;1-2/h4-11H2,1-3H3;9H,4-8H2,1-3H3;5-6H,7H2,1-4H3;2*4-8H2,1-3H3;8H,4-7H2,1-3H3;4-6H2,1-3H3;4-7H2,1-3H3;7H,4-6H2,1-3H3;1-2H3. The number of ether oxygens (including phenoxy) is 1. The predicted molar refractivity (Wildman–Crippen MR) is 496 cm³/mol. The molecule has 7 heterocycles. The minimum atomic E-state index is -3.50.